The molecule has 0 saturated carbocycles. The average Bonchev–Trinajstić information content (AvgIpc) is 3.47. The van der Waals surface area contributed by atoms with E-state index in [1.54, 1.807) is 25.2 Å². The van der Waals surface area contributed by atoms with Gasteiger partial charge in [0.2, 0.25) is 0 Å². The topological polar surface area (TPSA) is 67.2 Å². The van der Waals surface area contributed by atoms with Gasteiger partial charge in [-0.1, -0.05) is 41.9 Å². The number of fused-ring (bicyclic) bond motifs is 1. The van der Waals surface area contributed by atoms with Gasteiger partial charge in [0.1, 0.15) is 10.0 Å². The van der Waals surface area contributed by atoms with Gasteiger partial charge in [0, 0.05) is 25.2 Å². The van der Waals surface area contributed by atoms with E-state index in [4.69, 9.17) is 11.6 Å². The van der Waals surface area contributed by atoms with Gasteiger partial charge in [0.05, 0.1) is 27.9 Å². The minimum absolute atomic E-state index is 0.00494. The van der Waals surface area contributed by atoms with E-state index < -0.39 is 35.4 Å². The number of carbonyl (C=O) groups is 2. The van der Waals surface area contributed by atoms with Crippen molar-refractivity contribution in [3.63, 3.8) is 0 Å². The number of aryl methyl sites for hydroxylation is 1. The fourth-order valence-electron chi connectivity index (χ4n) is 4.54. The molecule has 1 aliphatic heterocycles. The van der Waals surface area contributed by atoms with Crippen LogP contribution in [0.25, 0.3) is 11.3 Å². The van der Waals surface area contributed by atoms with Gasteiger partial charge in [0.25, 0.3) is 11.8 Å². The summed E-state index contributed by atoms with van der Waals surface area (Å²) in [5, 5.41) is 7.44. The zero-order valence-corrected chi connectivity index (χ0v) is 21.3. The molecule has 38 heavy (non-hydrogen) atoms. The maximum atomic E-state index is 14.3. The lowest BCUT2D eigenvalue weighted by atomic mass is 9.99. The maximum Gasteiger partial charge on any atom is 0.416 e. The minimum atomic E-state index is -4.59. The summed E-state index contributed by atoms with van der Waals surface area (Å²) in [7, 11) is 1.55. The molecule has 2 amide bonds. The molecule has 0 spiro atoms. The van der Waals surface area contributed by atoms with E-state index in [0.29, 0.717) is 10.6 Å². The Hall–Kier alpha value is -3.70. The van der Waals surface area contributed by atoms with Crippen LogP contribution in [-0.2, 0) is 19.6 Å². The van der Waals surface area contributed by atoms with Crippen molar-refractivity contribution in [2.45, 2.75) is 18.6 Å². The highest BCUT2D eigenvalue weighted by atomic mass is 35.5. The summed E-state index contributed by atoms with van der Waals surface area (Å²) in [6, 6.07) is 12.2. The lowest BCUT2D eigenvalue weighted by Crippen LogP contribution is -2.41. The van der Waals surface area contributed by atoms with Crippen LogP contribution in [0.2, 0.25) is 4.34 Å². The van der Waals surface area contributed by atoms with Crippen LogP contribution in [-0.4, -0.2) is 39.1 Å². The van der Waals surface area contributed by atoms with Gasteiger partial charge in [-0.3, -0.25) is 19.2 Å². The van der Waals surface area contributed by atoms with Crippen molar-refractivity contribution >= 4 is 39.8 Å². The second-order valence-electron chi connectivity index (χ2n) is 8.73. The first-order valence-electron chi connectivity index (χ1n) is 11.4. The SMILES string of the molecule is Cn1ncc(F)c1-c1cc(N[C@@H](Cc2ccccc2C(F)(F)F)CN2C(=O)c3ccccc3C2=O)sc1Cl. The van der Waals surface area contributed by atoms with Gasteiger partial charge in [-0.25, -0.2) is 4.39 Å². The Morgan fingerprint density at radius 2 is 1.66 bits per heavy atom. The molecule has 0 unspecified atom stereocenters. The van der Waals surface area contributed by atoms with Gasteiger partial charge >= 0.3 is 6.18 Å². The van der Waals surface area contributed by atoms with E-state index in [1.807, 2.05) is 0 Å². The number of halogens is 5. The predicted octanol–water partition coefficient (Wildman–Crippen LogP) is 6.28. The van der Waals surface area contributed by atoms with E-state index in [9.17, 15) is 27.2 Å². The zero-order chi connectivity index (χ0) is 27.2. The number of aromatic nitrogens is 2. The maximum absolute atomic E-state index is 14.3. The molecule has 3 heterocycles. The van der Waals surface area contributed by atoms with E-state index in [0.717, 1.165) is 28.5 Å². The van der Waals surface area contributed by atoms with Crippen LogP contribution in [0.5, 0.6) is 0 Å². The molecule has 0 saturated heterocycles. The number of nitrogens with one attached hydrogen (secondary N) is 1. The van der Waals surface area contributed by atoms with E-state index in [1.165, 1.54) is 35.0 Å². The first-order valence-corrected chi connectivity index (χ1v) is 12.6. The summed E-state index contributed by atoms with van der Waals surface area (Å²) in [4.78, 5) is 27.0. The van der Waals surface area contributed by atoms with E-state index in [2.05, 4.69) is 10.4 Å². The van der Waals surface area contributed by atoms with Gasteiger partial charge in [-0.05, 0) is 36.2 Å². The third kappa shape index (κ3) is 4.79. The molecule has 1 N–H and O–H groups in total. The van der Waals surface area contributed by atoms with Crippen LogP contribution in [0.3, 0.4) is 0 Å². The number of carbonyl (C=O) groups excluding carboxylic acids is 2. The number of nitrogens with zero attached hydrogens (tertiary/aromatic N) is 3. The number of benzene rings is 2. The van der Waals surface area contributed by atoms with Crippen molar-refractivity contribution in [1.82, 2.24) is 14.7 Å². The van der Waals surface area contributed by atoms with Gasteiger partial charge in [0.15, 0.2) is 5.82 Å². The van der Waals surface area contributed by atoms with Gasteiger partial charge in [-0.15, -0.1) is 11.3 Å². The molecule has 0 aliphatic carbocycles. The first-order chi connectivity index (χ1) is 18.0. The summed E-state index contributed by atoms with van der Waals surface area (Å²) in [5.74, 6) is -1.63. The Morgan fingerprint density at radius 1 is 1.03 bits per heavy atom. The molecule has 196 valence electrons. The summed E-state index contributed by atoms with van der Waals surface area (Å²) in [6.07, 6.45) is -3.70. The van der Waals surface area contributed by atoms with Crippen LogP contribution >= 0.6 is 22.9 Å². The van der Waals surface area contributed by atoms with Crippen LogP contribution in [0.1, 0.15) is 31.8 Å². The highest BCUT2D eigenvalue weighted by Gasteiger charge is 2.38. The van der Waals surface area contributed by atoms with Crippen LogP contribution in [0.15, 0.2) is 60.8 Å². The third-order valence-corrected chi connectivity index (χ3v) is 7.54. The second kappa shape index (κ2) is 9.88. The number of imide groups is 1. The fourth-order valence-corrected chi connectivity index (χ4v) is 5.80. The number of anilines is 1. The second-order valence-corrected chi connectivity index (χ2v) is 10.4. The summed E-state index contributed by atoms with van der Waals surface area (Å²) >= 11 is 7.45. The summed E-state index contributed by atoms with van der Waals surface area (Å²) in [5.41, 5.74) is 0.163. The van der Waals surface area contributed by atoms with Crippen LogP contribution in [0, 0.1) is 5.82 Å². The molecule has 2 aromatic heterocycles. The van der Waals surface area contributed by atoms with Crippen molar-refractivity contribution in [3.05, 3.63) is 93.2 Å². The van der Waals surface area contributed by atoms with Gasteiger partial charge in [-0.2, -0.15) is 18.3 Å². The van der Waals surface area contributed by atoms with Crippen molar-refractivity contribution in [2.75, 3.05) is 11.9 Å². The highest BCUT2D eigenvalue weighted by molar-refractivity contribution is 7.20. The summed E-state index contributed by atoms with van der Waals surface area (Å²) in [6.45, 7) is -0.205. The molecule has 12 heteroatoms. The standard InChI is InChI=1S/C26H19ClF4N4O2S/c1-34-22(20(28)12-32-34)18-11-21(38-23(18)27)33-15(10-14-6-2-5-9-19(14)26(29,30)31)13-35-24(36)16-7-3-4-8-17(16)25(35)37/h2-9,11-12,15,33H,10,13H2,1H3/t15-/m0/s1. The Morgan fingerprint density at radius 3 is 2.26 bits per heavy atom. The largest absolute Gasteiger partial charge is 0.416 e. The van der Waals surface area contributed by atoms with E-state index >= 15 is 0 Å². The zero-order valence-electron chi connectivity index (χ0n) is 19.7. The number of alkyl halides is 3. The first kappa shape index (κ1) is 25.9. The minimum Gasteiger partial charge on any atom is -0.372 e. The molecule has 6 nitrogen and oxygen atoms in total. The number of hydrogen-bond acceptors (Lipinski definition) is 5. The Kier molecular flexibility index (Phi) is 6.74. The molecule has 4 aromatic rings. The fraction of sp³-hybridized carbons (Fsp3) is 0.192. The lowest BCUT2D eigenvalue weighted by Gasteiger charge is -2.25. The highest BCUT2D eigenvalue weighted by Crippen LogP contribution is 2.40. The third-order valence-electron chi connectivity index (χ3n) is 6.25. The molecule has 0 bridgehead atoms. The Balaban J connectivity index is 1.49. The monoisotopic (exact) mass is 562 g/mol. The van der Waals surface area contributed by atoms with Crippen LogP contribution in [0.4, 0.5) is 22.6 Å². The van der Waals surface area contributed by atoms with Crippen LogP contribution < -0.4 is 5.32 Å². The molecule has 5 rings (SSSR count). The number of amides is 2. The smallest absolute Gasteiger partial charge is 0.372 e. The Bertz CT molecular complexity index is 1490. The van der Waals surface area contributed by atoms with Crippen molar-refractivity contribution in [1.29, 1.82) is 0 Å². The number of rotatable bonds is 7. The molecule has 0 radical (unpaired) electrons. The molecule has 1 atom stereocenters. The molecular weight excluding hydrogens is 544 g/mol. The normalized spacial score (nSPS) is 14.2. The Labute approximate surface area is 223 Å². The predicted molar refractivity (Wildman–Crippen MR) is 136 cm³/mol. The van der Waals surface area contributed by atoms with E-state index in [-0.39, 0.29) is 39.7 Å². The number of thiophene rings is 1. The average molecular weight is 563 g/mol. The number of hydrogen-bond donors (Lipinski definition) is 1. The lowest BCUT2D eigenvalue weighted by molar-refractivity contribution is -0.138. The van der Waals surface area contributed by atoms with Crippen molar-refractivity contribution < 1.29 is 27.2 Å². The molecule has 1 aliphatic rings. The quantitative estimate of drug-likeness (QED) is 0.213. The molecular formula is C26H19ClF4N4O2S. The van der Waals surface area contributed by atoms with Gasteiger partial charge < -0.3 is 5.32 Å². The van der Waals surface area contributed by atoms with Crippen molar-refractivity contribution in [2.24, 2.45) is 7.05 Å². The van der Waals surface area contributed by atoms with Crippen molar-refractivity contribution in [3.8, 4) is 11.3 Å². The summed E-state index contributed by atoms with van der Waals surface area (Å²) < 4.78 is 57.1. The molecule has 2 aromatic carbocycles. The molecule has 0 fully saturated rings.